The van der Waals surface area contributed by atoms with Gasteiger partial charge in [-0.2, -0.15) is 0 Å². The summed E-state index contributed by atoms with van der Waals surface area (Å²) in [4.78, 5) is 59.5. The first kappa shape index (κ1) is 36.7. The molecule has 1 aromatic carbocycles. The predicted octanol–water partition coefficient (Wildman–Crippen LogP) is 3.97. The number of ether oxygens (including phenoxy) is 2. The van der Waals surface area contributed by atoms with E-state index in [2.05, 4.69) is 22.2 Å². The maximum Gasteiger partial charge on any atom is 0.408 e. The number of hydrogen-bond donors (Lipinski definition) is 3. The summed E-state index contributed by atoms with van der Waals surface area (Å²) in [6, 6.07) is 4.49. The van der Waals surface area contributed by atoms with Gasteiger partial charge in [-0.05, 0) is 69.4 Å². The van der Waals surface area contributed by atoms with Crippen LogP contribution in [0.15, 0.2) is 54.9 Å². The Balaban J connectivity index is 1.63. The van der Waals surface area contributed by atoms with Crippen LogP contribution in [-0.4, -0.2) is 77.7 Å². The number of halogens is 1. The van der Waals surface area contributed by atoms with Gasteiger partial charge in [0.25, 0.3) is 5.91 Å². The zero-order valence-electron chi connectivity index (χ0n) is 27.8. The molecule has 0 radical (unpaired) electrons. The van der Waals surface area contributed by atoms with E-state index in [1.807, 2.05) is 4.72 Å². The highest BCUT2D eigenvalue weighted by molar-refractivity contribution is 7.91. The van der Waals surface area contributed by atoms with Crippen LogP contribution in [-0.2, 0) is 29.1 Å². The molecule has 1 aliphatic heterocycles. The Morgan fingerprint density at radius 2 is 1.79 bits per heavy atom. The average Bonchev–Trinajstić information content (AvgIpc) is 3.75. The van der Waals surface area contributed by atoms with E-state index in [1.165, 1.54) is 17.1 Å². The Morgan fingerprint density at radius 1 is 1.10 bits per heavy atom. The molecular weight excluding hydrogens is 662 g/mol. The zero-order chi connectivity index (χ0) is 35.6. The second kappa shape index (κ2) is 14.1. The molecule has 48 heavy (non-hydrogen) atoms. The number of aromatic nitrogens is 1. The topological polar surface area (TPSA) is 173 Å². The molecule has 13 nitrogen and oxygen atoms in total. The first-order valence-electron chi connectivity index (χ1n) is 15.5. The van der Waals surface area contributed by atoms with E-state index >= 15 is 0 Å². The maximum atomic E-state index is 14.2. The van der Waals surface area contributed by atoms with Crippen LogP contribution in [0.5, 0.6) is 5.75 Å². The molecule has 1 saturated heterocycles. The van der Waals surface area contributed by atoms with E-state index in [9.17, 15) is 27.6 Å². The third kappa shape index (κ3) is 9.25. The van der Waals surface area contributed by atoms with Gasteiger partial charge in [-0.15, -0.1) is 0 Å². The van der Waals surface area contributed by atoms with Gasteiger partial charge in [0.1, 0.15) is 35.2 Å². The fraction of sp³-hybridized carbons (Fsp3) is 0.485. The van der Waals surface area contributed by atoms with Gasteiger partial charge < -0.3 is 25.0 Å². The number of nitrogens with zero attached hydrogens (tertiary/aromatic N) is 2. The number of fused-ring (bicyclic) bond motifs is 1. The monoisotopic (exact) mass is 703 g/mol. The van der Waals surface area contributed by atoms with Crippen LogP contribution < -0.4 is 20.1 Å². The second-order valence-electron chi connectivity index (χ2n) is 13.9. The van der Waals surface area contributed by atoms with Crippen LogP contribution >= 0.6 is 11.6 Å². The van der Waals surface area contributed by atoms with E-state index in [0.717, 1.165) is 0 Å². The van der Waals surface area contributed by atoms with Crippen molar-refractivity contribution >= 4 is 56.3 Å². The lowest BCUT2D eigenvalue weighted by atomic mass is 9.85. The van der Waals surface area contributed by atoms with Crippen molar-refractivity contribution < 1.29 is 37.1 Å². The van der Waals surface area contributed by atoms with Crippen molar-refractivity contribution in [1.29, 1.82) is 0 Å². The first-order valence-corrected chi connectivity index (χ1v) is 17.4. The summed E-state index contributed by atoms with van der Waals surface area (Å²) in [6.45, 7) is 13.9. The molecule has 1 saturated carbocycles. The Kier molecular flexibility index (Phi) is 10.8. The molecule has 1 aliphatic carbocycles. The number of carbonyl (C=O) groups is 4. The normalized spacial score (nSPS) is 19.3. The summed E-state index contributed by atoms with van der Waals surface area (Å²) < 4.78 is 38.5. The lowest BCUT2D eigenvalue weighted by Crippen LogP contribution is -2.58. The number of likely N-dealkylation sites (tertiary alicyclic amines) is 1. The summed E-state index contributed by atoms with van der Waals surface area (Å²) in [5, 5.41) is 5.59. The Hall–Kier alpha value is -4.17. The summed E-state index contributed by atoms with van der Waals surface area (Å²) >= 11 is 6.37. The van der Waals surface area contributed by atoms with Crippen molar-refractivity contribution in [1.82, 2.24) is 25.2 Å². The number of sulfonamides is 1. The number of carbonyl (C=O) groups excluding carboxylic acids is 4. The highest BCUT2D eigenvalue weighted by atomic mass is 35.5. The van der Waals surface area contributed by atoms with Crippen molar-refractivity contribution in [3.63, 3.8) is 0 Å². The van der Waals surface area contributed by atoms with Crippen LogP contribution in [0, 0.1) is 5.41 Å². The van der Waals surface area contributed by atoms with Gasteiger partial charge in [-0.3, -0.25) is 19.4 Å². The quantitative estimate of drug-likeness (QED) is 0.245. The minimum atomic E-state index is -3.92. The molecule has 0 spiro atoms. The van der Waals surface area contributed by atoms with E-state index in [0.29, 0.717) is 34.5 Å². The number of hydrogen-bond acceptors (Lipinski definition) is 9. The van der Waals surface area contributed by atoms with Gasteiger partial charge in [0.15, 0.2) is 0 Å². The second-order valence-corrected chi connectivity index (χ2v) is 16.2. The molecule has 15 heteroatoms. The molecule has 260 valence electrons. The van der Waals surface area contributed by atoms with Crippen LogP contribution in [0.4, 0.5) is 4.79 Å². The van der Waals surface area contributed by atoms with Crippen molar-refractivity contribution in [3.05, 3.63) is 59.9 Å². The average molecular weight is 704 g/mol. The van der Waals surface area contributed by atoms with Crippen LogP contribution in [0.2, 0.25) is 5.02 Å². The van der Waals surface area contributed by atoms with Crippen LogP contribution in [0.25, 0.3) is 10.9 Å². The first-order chi connectivity index (χ1) is 22.3. The number of amides is 4. The van der Waals surface area contributed by atoms with Gasteiger partial charge >= 0.3 is 6.09 Å². The Labute approximate surface area is 285 Å². The van der Waals surface area contributed by atoms with E-state index in [4.69, 9.17) is 21.1 Å². The molecular formula is C33H42ClN5O8S. The lowest BCUT2D eigenvalue weighted by Gasteiger charge is -2.35. The number of pyridine rings is 1. The van der Waals surface area contributed by atoms with E-state index in [1.54, 1.807) is 72.0 Å². The molecule has 0 unspecified atom stereocenters. The van der Waals surface area contributed by atoms with Gasteiger partial charge in [0, 0.05) is 18.0 Å². The molecule has 1 aromatic heterocycles. The molecule has 2 fully saturated rings. The highest BCUT2D eigenvalue weighted by Gasteiger charge is 2.46. The molecule has 3 N–H and O–H groups in total. The fourth-order valence-corrected chi connectivity index (χ4v) is 6.63. The van der Waals surface area contributed by atoms with Gasteiger partial charge in [0.2, 0.25) is 21.8 Å². The Bertz CT molecular complexity index is 1740. The predicted molar refractivity (Wildman–Crippen MR) is 180 cm³/mol. The molecule has 4 amide bonds. The lowest BCUT2D eigenvalue weighted by molar-refractivity contribution is -0.142. The van der Waals surface area contributed by atoms with E-state index in [-0.39, 0.29) is 18.7 Å². The maximum absolute atomic E-state index is 14.2. The SMILES string of the molecule is C=C/C=C(/NC(=O)[C@@H]1C[C@@H](Oc2ccc3nccc(Cl)c3c2)CN1C(=O)[C@@H](NC(=O)OC(C)(C)C)C(C)(C)C)C(=O)NS(=O)(=O)C1CC1. The minimum Gasteiger partial charge on any atom is -0.488 e. The summed E-state index contributed by atoms with van der Waals surface area (Å²) in [6.07, 6.45) is 3.34. The van der Waals surface area contributed by atoms with Gasteiger partial charge in [-0.1, -0.05) is 45.0 Å². The van der Waals surface area contributed by atoms with Gasteiger partial charge in [-0.25, -0.2) is 17.9 Å². The molecule has 4 rings (SSSR count). The third-order valence-corrected chi connectivity index (χ3v) is 9.72. The van der Waals surface area contributed by atoms with Crippen LogP contribution in [0.3, 0.4) is 0 Å². The molecule has 2 heterocycles. The molecule has 3 atom stereocenters. The number of rotatable bonds is 10. The smallest absolute Gasteiger partial charge is 0.408 e. The molecule has 2 aromatic rings. The number of nitrogens with one attached hydrogen (secondary N) is 3. The number of benzene rings is 1. The summed E-state index contributed by atoms with van der Waals surface area (Å²) in [5.74, 6) is -1.97. The van der Waals surface area contributed by atoms with Crippen molar-refractivity contribution in [3.8, 4) is 5.75 Å². The number of alkyl carbamates (subject to hydrolysis) is 1. The summed E-state index contributed by atoms with van der Waals surface area (Å²) in [5.41, 5.74) is -1.36. The standard InChI is InChI=1S/C33H42ClN5O8S/c1-8-9-25(28(40)38-48(44,45)21-11-12-21)36-29(41)26-17-20(46-19-10-13-24-22(16-19)23(34)14-15-35-24)18-39(26)30(42)27(32(2,3)4)37-31(43)47-33(5,6)7/h8-10,13-16,20-21,26-27H,1,11-12,17-18H2,2-7H3,(H,36,41)(H,37,43)(H,38,40)/b25-9+/t20-,26+,27-/m1/s1. The fourth-order valence-electron chi connectivity index (χ4n) is 5.13. The highest BCUT2D eigenvalue weighted by Crippen LogP contribution is 2.31. The minimum absolute atomic E-state index is 0.00302. The van der Waals surface area contributed by atoms with Gasteiger partial charge in [0.05, 0.1) is 22.3 Å². The third-order valence-electron chi connectivity index (χ3n) is 7.57. The van der Waals surface area contributed by atoms with Crippen molar-refractivity contribution in [2.45, 2.75) is 89.8 Å². The molecule has 2 aliphatic rings. The molecule has 0 bridgehead atoms. The number of allylic oxidation sites excluding steroid dienone is 2. The Morgan fingerprint density at radius 3 is 2.40 bits per heavy atom. The van der Waals surface area contributed by atoms with Crippen molar-refractivity contribution in [2.24, 2.45) is 5.41 Å². The largest absolute Gasteiger partial charge is 0.488 e. The van der Waals surface area contributed by atoms with Crippen LogP contribution in [0.1, 0.15) is 60.8 Å². The zero-order valence-corrected chi connectivity index (χ0v) is 29.4. The van der Waals surface area contributed by atoms with E-state index < -0.39 is 68.3 Å². The summed E-state index contributed by atoms with van der Waals surface area (Å²) in [7, 11) is -3.92. The van der Waals surface area contributed by atoms with Crippen molar-refractivity contribution in [2.75, 3.05) is 6.54 Å².